The van der Waals surface area contributed by atoms with E-state index in [4.69, 9.17) is 11.6 Å². The van der Waals surface area contributed by atoms with Gasteiger partial charge in [-0.05, 0) is 34.1 Å². The Morgan fingerprint density at radius 2 is 2.17 bits per heavy atom. The normalized spacial score (nSPS) is 23.2. The minimum atomic E-state index is -3.47. The smallest absolute Gasteiger partial charge is 0.254 e. The summed E-state index contributed by atoms with van der Waals surface area (Å²) >= 11 is 13.9. The molecule has 1 aliphatic rings. The van der Waals surface area contributed by atoms with Gasteiger partial charge in [-0.25, -0.2) is 13.4 Å². The molecule has 0 spiro atoms. The average Bonchev–Trinajstić information content (AvgIpc) is 3.07. The zero-order chi connectivity index (χ0) is 17.5. The summed E-state index contributed by atoms with van der Waals surface area (Å²) in [4.78, 5) is 18.4. The first kappa shape index (κ1) is 18.3. The molecule has 10 heteroatoms. The highest BCUT2D eigenvalue weighted by molar-refractivity contribution is 9.11. The minimum Gasteiger partial charge on any atom is -0.335 e. The molecule has 1 aromatic heterocycles. The first-order valence-electron chi connectivity index (χ1n) is 6.80. The van der Waals surface area contributed by atoms with Gasteiger partial charge in [0.1, 0.15) is 5.01 Å². The average molecular weight is 515 g/mol. The summed E-state index contributed by atoms with van der Waals surface area (Å²) in [6.07, 6.45) is 1.55. The van der Waals surface area contributed by atoms with Crippen molar-refractivity contribution >= 4 is 70.5 Å². The molecule has 1 fully saturated rings. The Kier molecular flexibility index (Phi) is 5.10. The van der Waals surface area contributed by atoms with Crippen molar-refractivity contribution in [3.8, 4) is 0 Å². The predicted molar refractivity (Wildman–Crippen MR) is 102 cm³/mol. The first-order chi connectivity index (χ1) is 11.2. The Labute approximate surface area is 165 Å². The number of halogens is 3. The molecule has 2 heterocycles. The van der Waals surface area contributed by atoms with Crippen LogP contribution in [0.2, 0.25) is 5.02 Å². The monoisotopic (exact) mass is 512 g/mol. The van der Waals surface area contributed by atoms with Gasteiger partial charge in [-0.2, -0.15) is 0 Å². The van der Waals surface area contributed by atoms with Crippen LogP contribution in [0.15, 0.2) is 34.2 Å². The van der Waals surface area contributed by atoms with Gasteiger partial charge in [-0.1, -0.05) is 27.5 Å². The van der Waals surface area contributed by atoms with E-state index >= 15 is 0 Å². The Balaban J connectivity index is 1.93. The van der Waals surface area contributed by atoms with E-state index in [0.717, 1.165) is 0 Å². The molecule has 5 nitrogen and oxygen atoms in total. The van der Waals surface area contributed by atoms with Crippen molar-refractivity contribution in [1.29, 1.82) is 0 Å². The van der Waals surface area contributed by atoms with Crippen molar-refractivity contribution in [3.63, 3.8) is 0 Å². The van der Waals surface area contributed by atoms with Gasteiger partial charge in [-0.15, -0.1) is 11.3 Å². The molecule has 1 aliphatic heterocycles. The maximum Gasteiger partial charge on any atom is 0.254 e. The summed E-state index contributed by atoms with van der Waals surface area (Å²) < 4.78 is 24.4. The zero-order valence-corrected chi connectivity index (χ0v) is 17.6. The van der Waals surface area contributed by atoms with Gasteiger partial charge in [0.25, 0.3) is 5.91 Å². The second-order valence-corrected chi connectivity index (χ2v) is 11.6. The van der Waals surface area contributed by atoms with E-state index in [1.165, 1.54) is 16.2 Å². The van der Waals surface area contributed by atoms with Gasteiger partial charge < -0.3 is 4.90 Å². The molecule has 0 unspecified atom stereocenters. The molecule has 24 heavy (non-hydrogen) atoms. The zero-order valence-electron chi connectivity index (χ0n) is 12.1. The number of carbonyl (C=O) groups excluding carboxylic acids is 1. The molecule has 1 amide bonds. The highest BCUT2D eigenvalue weighted by Gasteiger charge is 2.50. The molecule has 128 valence electrons. The van der Waals surface area contributed by atoms with Crippen LogP contribution >= 0.6 is 54.8 Å². The largest absolute Gasteiger partial charge is 0.335 e. The fraction of sp³-hybridized carbons (Fsp3) is 0.286. The summed E-state index contributed by atoms with van der Waals surface area (Å²) in [5.41, 5.74) is 0.413. The maximum atomic E-state index is 12.8. The number of aromatic nitrogens is 1. The van der Waals surface area contributed by atoms with Crippen LogP contribution in [0.3, 0.4) is 0 Å². The van der Waals surface area contributed by atoms with Crippen LogP contribution in [-0.4, -0.2) is 43.1 Å². The summed E-state index contributed by atoms with van der Waals surface area (Å²) in [6.45, 7) is 0.128. The highest BCUT2D eigenvalue weighted by Crippen LogP contribution is 2.42. The molecule has 1 aromatic carbocycles. The molecular formula is C14H11Br2ClN2O3S2. The van der Waals surface area contributed by atoms with E-state index in [-0.39, 0.29) is 24.7 Å². The van der Waals surface area contributed by atoms with Crippen LogP contribution in [-0.2, 0) is 13.5 Å². The van der Waals surface area contributed by atoms with Gasteiger partial charge in [0.15, 0.2) is 13.5 Å². The highest BCUT2D eigenvalue weighted by atomic mass is 79.9. The number of nitrogens with zero attached hydrogens (tertiary/aromatic N) is 2. The van der Waals surface area contributed by atoms with E-state index in [2.05, 4.69) is 36.8 Å². The Morgan fingerprint density at radius 3 is 2.79 bits per heavy atom. The number of hydrogen-bond acceptors (Lipinski definition) is 5. The van der Waals surface area contributed by atoms with Gasteiger partial charge >= 0.3 is 0 Å². The molecule has 0 saturated carbocycles. The lowest BCUT2D eigenvalue weighted by atomic mass is 10.2. The van der Waals surface area contributed by atoms with Crippen molar-refractivity contribution in [2.24, 2.45) is 0 Å². The molecule has 0 radical (unpaired) electrons. The van der Waals surface area contributed by atoms with Crippen LogP contribution in [0.5, 0.6) is 0 Å². The molecule has 0 aliphatic carbocycles. The molecule has 0 N–H and O–H groups in total. The molecule has 3 rings (SSSR count). The second-order valence-electron chi connectivity index (χ2n) is 5.24. The summed E-state index contributed by atoms with van der Waals surface area (Å²) in [5, 5.41) is 2.56. The van der Waals surface area contributed by atoms with E-state index in [0.29, 0.717) is 20.1 Å². The molecule has 1 saturated heterocycles. The number of thiazole rings is 1. The van der Waals surface area contributed by atoms with Crippen LogP contribution < -0.4 is 0 Å². The fourth-order valence-electron chi connectivity index (χ4n) is 2.41. The third-order valence-electron chi connectivity index (χ3n) is 3.72. The summed E-state index contributed by atoms with van der Waals surface area (Å²) in [6, 6.07) is 4.91. The lowest BCUT2D eigenvalue weighted by molar-refractivity contribution is 0.0754. The number of amides is 1. The van der Waals surface area contributed by atoms with E-state index in [1.54, 1.807) is 29.8 Å². The third kappa shape index (κ3) is 3.16. The SMILES string of the molecule is O=C(c1ccc(Br)c(Cl)c1)N1CCS(=O)(=O)[C@@](Br)(c2nccs2)C1. The van der Waals surface area contributed by atoms with Crippen molar-refractivity contribution in [2.45, 2.75) is 3.66 Å². The van der Waals surface area contributed by atoms with Crippen LogP contribution in [0.25, 0.3) is 0 Å². The van der Waals surface area contributed by atoms with Gasteiger partial charge in [0.2, 0.25) is 0 Å². The van der Waals surface area contributed by atoms with Crippen LogP contribution in [0.4, 0.5) is 0 Å². The molecule has 2 aromatic rings. The third-order valence-corrected chi connectivity index (χ3v) is 10.4. The van der Waals surface area contributed by atoms with Gasteiger partial charge in [0.05, 0.1) is 17.3 Å². The maximum absolute atomic E-state index is 12.8. The summed E-state index contributed by atoms with van der Waals surface area (Å²) in [7, 11) is -3.47. The number of rotatable bonds is 2. The predicted octanol–water partition coefficient (Wildman–Crippen LogP) is 3.68. The lowest BCUT2D eigenvalue weighted by Crippen LogP contribution is -2.52. The van der Waals surface area contributed by atoms with E-state index in [1.807, 2.05) is 0 Å². The number of alkyl halides is 1. The van der Waals surface area contributed by atoms with E-state index in [9.17, 15) is 13.2 Å². The van der Waals surface area contributed by atoms with Crippen LogP contribution in [0, 0.1) is 0 Å². The Hall–Kier alpha value is -0.480. The van der Waals surface area contributed by atoms with Crippen molar-refractivity contribution in [2.75, 3.05) is 18.8 Å². The van der Waals surface area contributed by atoms with Crippen molar-refractivity contribution < 1.29 is 13.2 Å². The van der Waals surface area contributed by atoms with Gasteiger partial charge in [0, 0.05) is 28.2 Å². The van der Waals surface area contributed by atoms with Crippen LogP contribution in [0.1, 0.15) is 15.4 Å². The second kappa shape index (κ2) is 6.68. The lowest BCUT2D eigenvalue weighted by Gasteiger charge is -2.37. The number of carbonyl (C=O) groups is 1. The number of hydrogen-bond donors (Lipinski definition) is 0. The quantitative estimate of drug-likeness (QED) is 0.574. The molecule has 1 atom stereocenters. The van der Waals surface area contributed by atoms with Crippen molar-refractivity contribution in [1.82, 2.24) is 9.88 Å². The van der Waals surface area contributed by atoms with Crippen molar-refractivity contribution in [3.05, 3.63) is 49.8 Å². The number of sulfone groups is 1. The Morgan fingerprint density at radius 1 is 1.42 bits per heavy atom. The molecule has 0 bridgehead atoms. The number of benzene rings is 1. The van der Waals surface area contributed by atoms with E-state index < -0.39 is 13.5 Å². The Bertz CT molecular complexity index is 889. The first-order valence-corrected chi connectivity index (χ1v) is 11.3. The van der Waals surface area contributed by atoms with Gasteiger partial charge in [-0.3, -0.25) is 4.79 Å². The molecular weight excluding hydrogens is 504 g/mol. The fourth-order valence-corrected chi connectivity index (χ4v) is 6.60. The standard InChI is InChI=1S/C14H11Br2ClN2O3S2/c15-10-2-1-9(7-11(10)17)12(20)19-4-6-24(21,22)14(16,8-19)13-18-3-5-23-13/h1-3,5,7H,4,6,8H2/t14-/m1/s1. The topological polar surface area (TPSA) is 67.3 Å². The summed E-state index contributed by atoms with van der Waals surface area (Å²) in [5.74, 6) is -0.395. The minimum absolute atomic E-state index is 0.00460.